The molecule has 82 valence electrons. The van der Waals surface area contributed by atoms with Crippen LogP contribution in [0.3, 0.4) is 0 Å². The van der Waals surface area contributed by atoms with Crippen LogP contribution in [0.15, 0.2) is 17.1 Å². The lowest BCUT2D eigenvalue weighted by Crippen LogP contribution is -2.23. The van der Waals surface area contributed by atoms with Crippen LogP contribution in [0.25, 0.3) is 0 Å². The molecule has 1 aromatic heterocycles. The molecule has 0 aliphatic rings. The van der Waals surface area contributed by atoms with Crippen molar-refractivity contribution in [3.8, 4) is 0 Å². The molecule has 0 aliphatic heterocycles. The van der Waals surface area contributed by atoms with Gasteiger partial charge in [-0.25, -0.2) is 0 Å². The average molecular weight is 242 g/mol. The third kappa shape index (κ3) is 4.35. The van der Waals surface area contributed by atoms with Crippen molar-refractivity contribution in [2.24, 2.45) is 16.5 Å². The highest BCUT2D eigenvalue weighted by Crippen LogP contribution is 2.22. The highest BCUT2D eigenvalue weighted by molar-refractivity contribution is 8.13. The second kappa shape index (κ2) is 5.77. The van der Waals surface area contributed by atoms with E-state index in [1.165, 1.54) is 21.5 Å². The van der Waals surface area contributed by atoms with Gasteiger partial charge >= 0.3 is 0 Å². The van der Waals surface area contributed by atoms with E-state index in [2.05, 4.69) is 24.0 Å². The van der Waals surface area contributed by atoms with Crippen molar-refractivity contribution in [2.45, 2.75) is 19.1 Å². The van der Waals surface area contributed by atoms with Crippen LogP contribution in [-0.2, 0) is 12.2 Å². The summed E-state index contributed by atoms with van der Waals surface area (Å²) < 4.78 is 0. The number of amidine groups is 1. The van der Waals surface area contributed by atoms with E-state index >= 15 is 0 Å². The number of aliphatic imine (C=N–C) groups is 1. The second-order valence-electron chi connectivity index (χ2n) is 2.85. The summed E-state index contributed by atoms with van der Waals surface area (Å²) in [5, 5.41) is 7.59. The van der Waals surface area contributed by atoms with Crippen LogP contribution in [0.4, 0.5) is 0 Å². The zero-order chi connectivity index (χ0) is 11.3. The van der Waals surface area contributed by atoms with Crippen molar-refractivity contribution >= 4 is 34.2 Å². The molecule has 0 saturated heterocycles. The first-order valence-corrected chi connectivity index (χ1v) is 6.30. The minimum atomic E-state index is -0.0621. The van der Waals surface area contributed by atoms with Gasteiger partial charge in [0.15, 0.2) is 11.1 Å². The standard InChI is InChI=1S/C9H14N4S2/c1-2-6-3-4-7(15-6)5-14-9(12)13-8(10)11/h3-4H,2,5H2,1H3,(H5,10,11,12,13). The summed E-state index contributed by atoms with van der Waals surface area (Å²) in [4.78, 5) is 6.25. The number of nitrogens with one attached hydrogen (secondary N) is 1. The Bertz CT molecular complexity index is 366. The Morgan fingerprint density at radius 2 is 2.13 bits per heavy atom. The van der Waals surface area contributed by atoms with Crippen molar-refractivity contribution in [1.82, 2.24) is 0 Å². The monoisotopic (exact) mass is 242 g/mol. The maximum atomic E-state index is 7.44. The zero-order valence-corrected chi connectivity index (χ0v) is 10.1. The van der Waals surface area contributed by atoms with Gasteiger partial charge in [0.1, 0.15) is 0 Å². The summed E-state index contributed by atoms with van der Waals surface area (Å²) in [7, 11) is 0. The molecule has 6 heteroatoms. The minimum Gasteiger partial charge on any atom is -0.370 e. The molecule has 0 aromatic carbocycles. The minimum absolute atomic E-state index is 0.0621. The summed E-state index contributed by atoms with van der Waals surface area (Å²) in [5.74, 6) is 0.688. The van der Waals surface area contributed by atoms with E-state index in [0.29, 0.717) is 0 Å². The van der Waals surface area contributed by atoms with Gasteiger partial charge in [0, 0.05) is 15.5 Å². The molecule has 1 heterocycles. The van der Waals surface area contributed by atoms with Gasteiger partial charge in [0.25, 0.3) is 0 Å². The Morgan fingerprint density at radius 3 is 2.67 bits per heavy atom. The zero-order valence-electron chi connectivity index (χ0n) is 8.49. The molecular weight excluding hydrogens is 228 g/mol. The van der Waals surface area contributed by atoms with E-state index in [-0.39, 0.29) is 11.1 Å². The number of nitrogens with zero attached hydrogens (tertiary/aromatic N) is 1. The molecule has 0 amide bonds. The van der Waals surface area contributed by atoms with Gasteiger partial charge in [-0.2, -0.15) is 4.99 Å². The van der Waals surface area contributed by atoms with Gasteiger partial charge in [0.05, 0.1) is 0 Å². The van der Waals surface area contributed by atoms with Crippen molar-refractivity contribution in [2.75, 3.05) is 0 Å². The van der Waals surface area contributed by atoms with Crippen LogP contribution in [0.1, 0.15) is 16.7 Å². The van der Waals surface area contributed by atoms with Gasteiger partial charge < -0.3 is 11.5 Å². The Hall–Kier alpha value is -1.01. The quantitative estimate of drug-likeness (QED) is 0.557. The van der Waals surface area contributed by atoms with E-state index < -0.39 is 0 Å². The Morgan fingerprint density at radius 1 is 1.47 bits per heavy atom. The average Bonchev–Trinajstić information content (AvgIpc) is 2.61. The lowest BCUT2D eigenvalue weighted by Gasteiger charge is -1.96. The molecule has 5 N–H and O–H groups in total. The molecule has 1 rings (SSSR count). The van der Waals surface area contributed by atoms with Crippen LogP contribution < -0.4 is 11.5 Å². The summed E-state index contributed by atoms with van der Waals surface area (Å²) in [6.45, 7) is 2.13. The smallest absolute Gasteiger partial charge is 0.193 e. The van der Waals surface area contributed by atoms with Crippen molar-refractivity contribution in [3.05, 3.63) is 21.9 Å². The molecule has 0 radical (unpaired) electrons. The Balaban J connectivity index is 2.43. The van der Waals surface area contributed by atoms with Crippen LogP contribution in [-0.4, -0.2) is 11.1 Å². The van der Waals surface area contributed by atoms with Crippen LogP contribution >= 0.6 is 23.1 Å². The topological polar surface area (TPSA) is 88.2 Å². The third-order valence-electron chi connectivity index (χ3n) is 1.65. The number of hydrogen-bond donors (Lipinski definition) is 3. The van der Waals surface area contributed by atoms with Gasteiger partial charge in [-0.1, -0.05) is 18.7 Å². The summed E-state index contributed by atoms with van der Waals surface area (Å²) >= 11 is 3.09. The molecule has 0 saturated carbocycles. The van der Waals surface area contributed by atoms with Crippen LogP contribution in [0.2, 0.25) is 0 Å². The first-order chi connectivity index (χ1) is 7.11. The third-order valence-corrected chi connectivity index (χ3v) is 3.88. The highest BCUT2D eigenvalue weighted by Gasteiger charge is 2.01. The fourth-order valence-electron chi connectivity index (χ4n) is 0.979. The van der Waals surface area contributed by atoms with Crippen LogP contribution in [0, 0.1) is 5.41 Å². The Labute approximate surface area is 97.3 Å². The molecule has 0 unspecified atom stereocenters. The normalized spacial score (nSPS) is 9.93. The van der Waals surface area contributed by atoms with Crippen molar-refractivity contribution < 1.29 is 0 Å². The first kappa shape index (κ1) is 12.1. The molecule has 15 heavy (non-hydrogen) atoms. The predicted octanol–water partition coefficient (Wildman–Crippen LogP) is 1.75. The fourth-order valence-corrected chi connectivity index (χ4v) is 2.69. The maximum Gasteiger partial charge on any atom is 0.193 e. The van der Waals surface area contributed by atoms with E-state index in [9.17, 15) is 0 Å². The summed E-state index contributed by atoms with van der Waals surface area (Å²) in [6, 6.07) is 4.20. The van der Waals surface area contributed by atoms with Gasteiger partial charge in [0.2, 0.25) is 0 Å². The number of rotatable bonds is 3. The van der Waals surface area contributed by atoms with E-state index in [1.54, 1.807) is 11.3 Å². The van der Waals surface area contributed by atoms with Crippen molar-refractivity contribution in [3.63, 3.8) is 0 Å². The van der Waals surface area contributed by atoms with E-state index in [4.69, 9.17) is 16.9 Å². The molecule has 0 spiro atoms. The highest BCUT2D eigenvalue weighted by atomic mass is 32.2. The number of thiophene rings is 1. The second-order valence-corrected chi connectivity index (χ2v) is 5.07. The van der Waals surface area contributed by atoms with E-state index in [1.807, 2.05) is 0 Å². The van der Waals surface area contributed by atoms with Gasteiger partial charge in [-0.3, -0.25) is 5.41 Å². The van der Waals surface area contributed by atoms with E-state index in [0.717, 1.165) is 12.2 Å². The lowest BCUT2D eigenvalue weighted by atomic mass is 10.4. The first-order valence-electron chi connectivity index (χ1n) is 4.50. The number of nitrogens with two attached hydrogens (primary N) is 2. The van der Waals surface area contributed by atoms with Gasteiger partial charge in [-0.05, 0) is 18.6 Å². The molecule has 4 nitrogen and oxygen atoms in total. The molecule has 0 atom stereocenters. The predicted molar refractivity (Wildman–Crippen MR) is 68.5 cm³/mol. The number of hydrogen-bond acceptors (Lipinski definition) is 3. The SMILES string of the molecule is CCc1ccc(CSC(=N)N=C(N)N)s1. The Kier molecular flexibility index (Phi) is 4.64. The van der Waals surface area contributed by atoms with Crippen molar-refractivity contribution in [1.29, 1.82) is 5.41 Å². The molecule has 0 bridgehead atoms. The summed E-state index contributed by atoms with van der Waals surface area (Å²) in [6.07, 6.45) is 1.06. The number of guanidine groups is 1. The maximum absolute atomic E-state index is 7.44. The summed E-state index contributed by atoms with van der Waals surface area (Å²) in [5.41, 5.74) is 10.3. The van der Waals surface area contributed by atoms with Crippen LogP contribution in [0.5, 0.6) is 0 Å². The number of aryl methyl sites for hydroxylation is 1. The lowest BCUT2D eigenvalue weighted by molar-refractivity contribution is 1.19. The molecule has 0 aliphatic carbocycles. The largest absolute Gasteiger partial charge is 0.370 e. The number of thioether (sulfide) groups is 1. The molecule has 0 fully saturated rings. The molecule has 1 aromatic rings. The molecular formula is C9H14N4S2. The fraction of sp³-hybridized carbons (Fsp3) is 0.333. The van der Waals surface area contributed by atoms with Gasteiger partial charge in [-0.15, -0.1) is 11.3 Å².